The first-order valence-corrected chi connectivity index (χ1v) is 9.60. The Morgan fingerprint density at radius 3 is 2.48 bits per heavy atom. The van der Waals surface area contributed by atoms with Crippen LogP contribution in [0.25, 0.3) is 0 Å². The largest absolute Gasteiger partial charge is 0.395 e. The molecule has 0 radical (unpaired) electrons. The number of carbonyl (C=O) groups is 1. The second-order valence-corrected chi connectivity index (χ2v) is 8.12. The molecule has 4 nitrogen and oxygen atoms in total. The van der Waals surface area contributed by atoms with E-state index in [1.807, 2.05) is 4.90 Å². The number of aliphatic hydroxyl groups is 1. The third kappa shape index (κ3) is 5.29. The Labute approximate surface area is 152 Å². The van der Waals surface area contributed by atoms with Crippen molar-refractivity contribution >= 4 is 5.91 Å². The summed E-state index contributed by atoms with van der Waals surface area (Å²) in [7, 11) is 0. The van der Waals surface area contributed by atoms with E-state index in [1.165, 1.54) is 11.1 Å². The van der Waals surface area contributed by atoms with Crippen molar-refractivity contribution in [2.45, 2.75) is 58.4 Å². The molecule has 4 heteroatoms. The topological polar surface area (TPSA) is 43.8 Å². The molecule has 0 saturated carbocycles. The molecule has 0 aromatic heterocycles. The fourth-order valence-electron chi connectivity index (χ4n) is 3.63. The summed E-state index contributed by atoms with van der Waals surface area (Å²) in [5, 5.41) is 9.20. The highest BCUT2D eigenvalue weighted by Crippen LogP contribution is 2.33. The number of amides is 1. The number of hydrogen-bond acceptors (Lipinski definition) is 3. The lowest BCUT2D eigenvalue weighted by Crippen LogP contribution is -2.41. The Hall–Kier alpha value is -1.39. The standard InChI is InChI=1S/C21H34N2O2/c1-5-12-22(14-15-24)16-20(25)23-13-6-7-19(23)17-8-10-18(11-9-17)21(2,3)4/h8-11,19,24H,5-7,12-16H2,1-4H3. The van der Waals surface area contributed by atoms with Crippen LogP contribution in [0, 0.1) is 0 Å². The molecule has 0 aliphatic carbocycles. The zero-order valence-electron chi connectivity index (χ0n) is 16.3. The van der Waals surface area contributed by atoms with Gasteiger partial charge in [-0.15, -0.1) is 0 Å². The molecule has 1 fully saturated rings. The van der Waals surface area contributed by atoms with E-state index in [0.717, 1.165) is 32.4 Å². The predicted octanol–water partition coefficient (Wildman–Crippen LogP) is 3.35. The monoisotopic (exact) mass is 346 g/mol. The molecule has 1 aromatic rings. The van der Waals surface area contributed by atoms with Crippen molar-refractivity contribution in [3.63, 3.8) is 0 Å². The fraction of sp³-hybridized carbons (Fsp3) is 0.667. The van der Waals surface area contributed by atoms with Crippen LogP contribution in [0.3, 0.4) is 0 Å². The zero-order chi connectivity index (χ0) is 18.4. The maximum atomic E-state index is 12.8. The van der Waals surface area contributed by atoms with Crippen LogP contribution in [-0.2, 0) is 10.2 Å². The van der Waals surface area contributed by atoms with Gasteiger partial charge in [0.1, 0.15) is 0 Å². The molecule has 1 atom stereocenters. The number of rotatable bonds is 7. The Kier molecular flexibility index (Phi) is 7.03. The lowest BCUT2D eigenvalue weighted by molar-refractivity contribution is -0.133. The maximum Gasteiger partial charge on any atom is 0.237 e. The van der Waals surface area contributed by atoms with E-state index in [0.29, 0.717) is 13.1 Å². The Morgan fingerprint density at radius 1 is 1.24 bits per heavy atom. The van der Waals surface area contributed by atoms with Crippen LogP contribution in [0.1, 0.15) is 64.1 Å². The minimum absolute atomic E-state index is 0.102. The third-order valence-corrected chi connectivity index (χ3v) is 5.05. The lowest BCUT2D eigenvalue weighted by atomic mass is 9.86. The Balaban J connectivity index is 2.07. The van der Waals surface area contributed by atoms with E-state index >= 15 is 0 Å². The summed E-state index contributed by atoms with van der Waals surface area (Å²) in [6.45, 7) is 11.5. The van der Waals surface area contributed by atoms with E-state index in [2.05, 4.69) is 56.9 Å². The average molecular weight is 347 g/mol. The van der Waals surface area contributed by atoms with E-state index in [4.69, 9.17) is 0 Å². The van der Waals surface area contributed by atoms with Gasteiger partial charge in [0.05, 0.1) is 19.2 Å². The van der Waals surface area contributed by atoms with Gasteiger partial charge in [0, 0.05) is 13.1 Å². The van der Waals surface area contributed by atoms with Crippen LogP contribution in [0.2, 0.25) is 0 Å². The number of carbonyl (C=O) groups excluding carboxylic acids is 1. The number of hydrogen-bond donors (Lipinski definition) is 1. The minimum atomic E-state index is 0.102. The highest BCUT2D eigenvalue weighted by molar-refractivity contribution is 5.79. The maximum absolute atomic E-state index is 12.8. The summed E-state index contributed by atoms with van der Waals surface area (Å²) in [5.74, 6) is 0.185. The third-order valence-electron chi connectivity index (χ3n) is 5.05. The van der Waals surface area contributed by atoms with E-state index < -0.39 is 0 Å². The van der Waals surface area contributed by atoms with Crippen LogP contribution < -0.4 is 0 Å². The molecule has 1 saturated heterocycles. The van der Waals surface area contributed by atoms with Gasteiger partial charge in [-0.3, -0.25) is 9.69 Å². The van der Waals surface area contributed by atoms with E-state index in [1.54, 1.807) is 0 Å². The van der Waals surface area contributed by atoms with Gasteiger partial charge in [-0.2, -0.15) is 0 Å². The van der Waals surface area contributed by atoms with Gasteiger partial charge >= 0.3 is 0 Å². The van der Waals surface area contributed by atoms with Gasteiger partial charge in [-0.05, 0) is 42.3 Å². The number of aliphatic hydroxyl groups excluding tert-OH is 1. The van der Waals surface area contributed by atoms with Crippen molar-refractivity contribution in [3.8, 4) is 0 Å². The zero-order valence-corrected chi connectivity index (χ0v) is 16.3. The van der Waals surface area contributed by atoms with Crippen LogP contribution in [0.5, 0.6) is 0 Å². The van der Waals surface area contributed by atoms with Crippen molar-refractivity contribution in [1.29, 1.82) is 0 Å². The fourth-order valence-corrected chi connectivity index (χ4v) is 3.63. The highest BCUT2D eigenvalue weighted by atomic mass is 16.3. The van der Waals surface area contributed by atoms with E-state index in [-0.39, 0.29) is 24.0 Å². The molecule has 25 heavy (non-hydrogen) atoms. The van der Waals surface area contributed by atoms with Gasteiger partial charge in [0.15, 0.2) is 0 Å². The molecular formula is C21H34N2O2. The molecule has 1 unspecified atom stereocenters. The van der Waals surface area contributed by atoms with Gasteiger partial charge in [-0.1, -0.05) is 52.0 Å². The molecule has 0 bridgehead atoms. The second-order valence-electron chi connectivity index (χ2n) is 8.12. The molecule has 1 amide bonds. The quantitative estimate of drug-likeness (QED) is 0.823. The molecule has 0 spiro atoms. The van der Waals surface area contributed by atoms with Crippen molar-refractivity contribution in [2.75, 3.05) is 32.8 Å². The van der Waals surface area contributed by atoms with Crippen molar-refractivity contribution < 1.29 is 9.90 Å². The Bertz CT molecular complexity index is 542. The second kappa shape index (κ2) is 8.81. The molecular weight excluding hydrogens is 312 g/mol. The summed E-state index contributed by atoms with van der Waals surface area (Å²) in [6.07, 6.45) is 3.09. The molecule has 1 aromatic carbocycles. The first-order chi connectivity index (χ1) is 11.9. The van der Waals surface area contributed by atoms with Crippen LogP contribution in [0.15, 0.2) is 24.3 Å². The summed E-state index contributed by atoms with van der Waals surface area (Å²) in [6, 6.07) is 8.97. The number of likely N-dealkylation sites (tertiary alicyclic amines) is 1. The first-order valence-electron chi connectivity index (χ1n) is 9.60. The Morgan fingerprint density at radius 2 is 1.92 bits per heavy atom. The van der Waals surface area contributed by atoms with Crippen molar-refractivity contribution in [2.24, 2.45) is 0 Å². The van der Waals surface area contributed by atoms with Crippen LogP contribution >= 0.6 is 0 Å². The molecule has 140 valence electrons. The van der Waals surface area contributed by atoms with Crippen LogP contribution in [0.4, 0.5) is 0 Å². The first kappa shape index (κ1) is 19.9. The molecule has 1 aliphatic rings. The van der Waals surface area contributed by atoms with E-state index in [9.17, 15) is 9.90 Å². The number of nitrogens with zero attached hydrogens (tertiary/aromatic N) is 2. The minimum Gasteiger partial charge on any atom is -0.395 e. The molecule has 1 aliphatic heterocycles. The summed E-state index contributed by atoms with van der Waals surface area (Å²) >= 11 is 0. The highest BCUT2D eigenvalue weighted by Gasteiger charge is 2.30. The predicted molar refractivity (Wildman–Crippen MR) is 103 cm³/mol. The van der Waals surface area contributed by atoms with Gasteiger partial charge in [0.2, 0.25) is 5.91 Å². The lowest BCUT2D eigenvalue weighted by Gasteiger charge is -2.29. The average Bonchev–Trinajstić information content (AvgIpc) is 3.04. The van der Waals surface area contributed by atoms with Crippen molar-refractivity contribution in [3.05, 3.63) is 35.4 Å². The van der Waals surface area contributed by atoms with Crippen molar-refractivity contribution in [1.82, 2.24) is 9.80 Å². The summed E-state index contributed by atoms with van der Waals surface area (Å²) < 4.78 is 0. The van der Waals surface area contributed by atoms with Gasteiger partial charge in [-0.25, -0.2) is 0 Å². The molecule has 1 heterocycles. The molecule has 2 rings (SSSR count). The van der Waals surface area contributed by atoms with Crippen LogP contribution in [-0.4, -0.2) is 53.6 Å². The summed E-state index contributed by atoms with van der Waals surface area (Å²) in [5.41, 5.74) is 2.71. The normalized spacial score (nSPS) is 18.2. The summed E-state index contributed by atoms with van der Waals surface area (Å²) in [4.78, 5) is 16.9. The smallest absolute Gasteiger partial charge is 0.237 e. The molecule has 1 N–H and O–H groups in total. The van der Waals surface area contributed by atoms with Gasteiger partial charge in [0.25, 0.3) is 0 Å². The number of benzene rings is 1. The van der Waals surface area contributed by atoms with Gasteiger partial charge < -0.3 is 10.0 Å². The SMILES string of the molecule is CCCN(CCO)CC(=O)N1CCCC1c1ccc(C(C)(C)C)cc1.